The van der Waals surface area contributed by atoms with Crippen LogP contribution in [0.5, 0.6) is 0 Å². The Morgan fingerprint density at radius 3 is 2.83 bits per heavy atom. The standard InChI is InChI=1S/C17H16N6O/c1-2-20-17-21-8-6-14(23-17)11-3-4-13(18)12(9-11)16(24)15-5-7-19-10-22-15/h3-10,18,24H,2H2,1H3,(H,20,21,23)/p-1/b16-12-,18-13?. The third kappa shape index (κ3) is 3.19. The highest BCUT2D eigenvalue weighted by atomic mass is 16.3. The second kappa shape index (κ2) is 6.82. The molecule has 7 nitrogen and oxygen atoms in total. The number of allylic oxidation sites excluding steroid dienone is 5. The first-order chi connectivity index (χ1) is 11.7. The molecule has 2 N–H and O–H groups in total. The quantitative estimate of drug-likeness (QED) is 0.825. The van der Waals surface area contributed by atoms with Gasteiger partial charge >= 0.3 is 0 Å². The highest BCUT2D eigenvalue weighted by Crippen LogP contribution is 2.25. The Kier molecular flexibility index (Phi) is 4.42. The van der Waals surface area contributed by atoms with E-state index in [0.29, 0.717) is 18.2 Å². The van der Waals surface area contributed by atoms with E-state index < -0.39 is 0 Å². The van der Waals surface area contributed by atoms with Crippen LogP contribution in [0, 0.1) is 5.41 Å². The number of nitrogens with one attached hydrogen (secondary N) is 2. The van der Waals surface area contributed by atoms with Crippen LogP contribution in [0.4, 0.5) is 5.95 Å². The molecule has 0 radical (unpaired) electrons. The van der Waals surface area contributed by atoms with Crippen LogP contribution in [0.1, 0.15) is 18.3 Å². The van der Waals surface area contributed by atoms with Gasteiger partial charge in [0.2, 0.25) is 5.95 Å². The molecule has 0 amide bonds. The lowest BCUT2D eigenvalue weighted by molar-refractivity contribution is -0.244. The Morgan fingerprint density at radius 1 is 1.21 bits per heavy atom. The monoisotopic (exact) mass is 319 g/mol. The molecule has 0 atom stereocenters. The first kappa shape index (κ1) is 15.5. The SMILES string of the molecule is CCNc1nccc(C2=C/C(=C(/[O-])c3ccncn3)C(=N)C=C2)n1. The molecule has 0 bridgehead atoms. The lowest BCUT2D eigenvalue weighted by Gasteiger charge is -2.19. The van der Waals surface area contributed by atoms with Crippen molar-refractivity contribution < 1.29 is 5.11 Å². The van der Waals surface area contributed by atoms with E-state index in [0.717, 1.165) is 5.57 Å². The Balaban J connectivity index is 2.02. The number of hydrogen-bond acceptors (Lipinski definition) is 7. The maximum Gasteiger partial charge on any atom is 0.223 e. The average molecular weight is 319 g/mol. The normalized spacial score (nSPS) is 15.9. The van der Waals surface area contributed by atoms with Gasteiger partial charge in [-0.3, -0.25) is 0 Å². The summed E-state index contributed by atoms with van der Waals surface area (Å²) in [6.07, 6.45) is 9.47. The van der Waals surface area contributed by atoms with Crippen LogP contribution in [-0.2, 0) is 0 Å². The molecule has 24 heavy (non-hydrogen) atoms. The molecule has 1 aliphatic carbocycles. The zero-order valence-corrected chi connectivity index (χ0v) is 13.0. The van der Waals surface area contributed by atoms with Gasteiger partial charge in [-0.25, -0.2) is 19.9 Å². The molecule has 0 spiro atoms. The minimum Gasteiger partial charge on any atom is -0.871 e. The van der Waals surface area contributed by atoms with Crippen LogP contribution in [0.25, 0.3) is 11.3 Å². The summed E-state index contributed by atoms with van der Waals surface area (Å²) in [7, 11) is 0. The Morgan fingerprint density at radius 2 is 2.08 bits per heavy atom. The summed E-state index contributed by atoms with van der Waals surface area (Å²) in [5, 5.41) is 23.6. The van der Waals surface area contributed by atoms with Gasteiger partial charge in [-0.15, -0.1) is 0 Å². The molecule has 7 heteroatoms. The highest BCUT2D eigenvalue weighted by Gasteiger charge is 2.12. The van der Waals surface area contributed by atoms with E-state index in [1.54, 1.807) is 30.5 Å². The van der Waals surface area contributed by atoms with Crippen molar-refractivity contribution in [1.82, 2.24) is 19.9 Å². The third-order valence-electron chi connectivity index (χ3n) is 3.37. The maximum absolute atomic E-state index is 12.6. The van der Waals surface area contributed by atoms with Crippen molar-refractivity contribution in [3.8, 4) is 0 Å². The van der Waals surface area contributed by atoms with Crippen molar-refractivity contribution in [3.05, 3.63) is 66.0 Å². The van der Waals surface area contributed by atoms with Gasteiger partial charge in [0.15, 0.2) is 0 Å². The first-order valence-corrected chi connectivity index (χ1v) is 7.42. The van der Waals surface area contributed by atoms with E-state index in [-0.39, 0.29) is 22.7 Å². The Bertz CT molecular complexity index is 854. The van der Waals surface area contributed by atoms with Gasteiger partial charge in [-0.2, -0.15) is 0 Å². The van der Waals surface area contributed by atoms with Gasteiger partial charge in [0.05, 0.1) is 17.1 Å². The van der Waals surface area contributed by atoms with E-state index >= 15 is 0 Å². The summed E-state index contributed by atoms with van der Waals surface area (Å²) >= 11 is 0. The number of nitrogens with zero attached hydrogens (tertiary/aromatic N) is 4. The van der Waals surface area contributed by atoms with Crippen LogP contribution in [0.3, 0.4) is 0 Å². The van der Waals surface area contributed by atoms with Gasteiger partial charge in [-0.1, -0.05) is 11.8 Å². The fraction of sp³-hybridized carbons (Fsp3) is 0.118. The van der Waals surface area contributed by atoms with Gasteiger partial charge in [0.1, 0.15) is 6.33 Å². The largest absolute Gasteiger partial charge is 0.871 e. The predicted molar refractivity (Wildman–Crippen MR) is 90.0 cm³/mol. The third-order valence-corrected chi connectivity index (χ3v) is 3.37. The van der Waals surface area contributed by atoms with Crippen molar-refractivity contribution in [1.29, 1.82) is 5.41 Å². The molecule has 0 aromatic carbocycles. The summed E-state index contributed by atoms with van der Waals surface area (Å²) in [5.74, 6) is 0.207. The summed E-state index contributed by atoms with van der Waals surface area (Å²) in [6.45, 7) is 2.68. The van der Waals surface area contributed by atoms with Crippen molar-refractivity contribution in [2.75, 3.05) is 11.9 Å². The topological polar surface area (TPSA) is 111 Å². The molecule has 1 aliphatic rings. The second-order valence-electron chi connectivity index (χ2n) is 4.98. The van der Waals surface area contributed by atoms with Crippen LogP contribution in [-0.4, -0.2) is 32.2 Å². The molecule has 0 aliphatic heterocycles. The average Bonchev–Trinajstić information content (AvgIpc) is 2.63. The van der Waals surface area contributed by atoms with Crippen molar-refractivity contribution in [2.24, 2.45) is 0 Å². The minimum absolute atomic E-state index is 0.142. The van der Waals surface area contributed by atoms with E-state index in [4.69, 9.17) is 5.41 Å². The molecule has 2 aromatic rings. The molecular formula is C17H15N6O-. The summed E-state index contributed by atoms with van der Waals surface area (Å²) in [6, 6.07) is 3.29. The van der Waals surface area contributed by atoms with Crippen molar-refractivity contribution in [2.45, 2.75) is 6.92 Å². The number of aromatic nitrogens is 4. The van der Waals surface area contributed by atoms with Crippen molar-refractivity contribution in [3.63, 3.8) is 0 Å². The van der Waals surface area contributed by atoms with Crippen LogP contribution in [0.15, 0.2) is 54.7 Å². The summed E-state index contributed by atoms with van der Waals surface area (Å²) in [4.78, 5) is 16.3. The zero-order chi connectivity index (χ0) is 16.9. The van der Waals surface area contributed by atoms with Gasteiger partial charge in [0.25, 0.3) is 0 Å². The van der Waals surface area contributed by atoms with E-state index in [9.17, 15) is 5.11 Å². The summed E-state index contributed by atoms with van der Waals surface area (Å²) < 4.78 is 0. The number of hydrogen-bond donors (Lipinski definition) is 2. The molecule has 3 rings (SSSR count). The molecule has 2 aromatic heterocycles. The number of rotatable bonds is 4. The van der Waals surface area contributed by atoms with Gasteiger partial charge in [0, 0.05) is 24.5 Å². The van der Waals surface area contributed by atoms with Crippen LogP contribution < -0.4 is 10.4 Å². The lowest BCUT2D eigenvalue weighted by atomic mass is 9.96. The van der Waals surface area contributed by atoms with Crippen molar-refractivity contribution >= 4 is 23.0 Å². The second-order valence-corrected chi connectivity index (χ2v) is 4.98. The fourth-order valence-electron chi connectivity index (χ4n) is 2.22. The molecule has 0 unspecified atom stereocenters. The Hall–Kier alpha value is -3.35. The first-order valence-electron chi connectivity index (χ1n) is 7.42. The van der Waals surface area contributed by atoms with E-state index in [1.807, 2.05) is 6.92 Å². The van der Waals surface area contributed by atoms with Gasteiger partial charge < -0.3 is 15.8 Å². The molecule has 0 saturated carbocycles. The van der Waals surface area contributed by atoms with E-state index in [2.05, 4.69) is 25.3 Å². The fourth-order valence-corrected chi connectivity index (χ4v) is 2.22. The Labute approximate surface area is 139 Å². The molecule has 120 valence electrons. The smallest absolute Gasteiger partial charge is 0.223 e. The lowest BCUT2D eigenvalue weighted by Crippen LogP contribution is -2.13. The maximum atomic E-state index is 12.6. The molecule has 0 fully saturated rings. The zero-order valence-electron chi connectivity index (χ0n) is 13.0. The molecule has 2 heterocycles. The van der Waals surface area contributed by atoms with Gasteiger partial charge in [-0.05, 0) is 36.8 Å². The number of anilines is 1. The van der Waals surface area contributed by atoms with Crippen LogP contribution >= 0.6 is 0 Å². The molecule has 0 saturated heterocycles. The molecular weight excluding hydrogens is 304 g/mol. The van der Waals surface area contributed by atoms with E-state index in [1.165, 1.54) is 18.6 Å². The van der Waals surface area contributed by atoms with Crippen LogP contribution in [0.2, 0.25) is 0 Å². The highest BCUT2D eigenvalue weighted by molar-refractivity contribution is 6.16. The summed E-state index contributed by atoms with van der Waals surface area (Å²) in [5.41, 5.74) is 2.09. The minimum atomic E-state index is -0.315. The predicted octanol–water partition coefficient (Wildman–Crippen LogP) is 1.44.